The zero-order chi connectivity index (χ0) is 12.4. The van der Waals surface area contributed by atoms with Crippen LogP contribution in [0.5, 0.6) is 0 Å². The Balaban J connectivity index is 1.96. The first-order chi connectivity index (χ1) is 8.06. The van der Waals surface area contributed by atoms with Crippen molar-refractivity contribution >= 4 is 0 Å². The van der Waals surface area contributed by atoms with Crippen LogP contribution >= 0.6 is 0 Å². The number of halogens is 1. The summed E-state index contributed by atoms with van der Waals surface area (Å²) in [4.78, 5) is 2.36. The molecule has 0 radical (unpaired) electrons. The fourth-order valence-corrected chi connectivity index (χ4v) is 2.54. The van der Waals surface area contributed by atoms with E-state index in [4.69, 9.17) is 0 Å². The van der Waals surface area contributed by atoms with Crippen molar-refractivity contribution in [3.05, 3.63) is 35.6 Å². The van der Waals surface area contributed by atoms with E-state index in [-0.39, 0.29) is 11.9 Å². The van der Waals surface area contributed by atoms with Gasteiger partial charge in [0.2, 0.25) is 0 Å². The Morgan fingerprint density at radius 3 is 2.82 bits per heavy atom. The van der Waals surface area contributed by atoms with Gasteiger partial charge in [0.1, 0.15) is 5.82 Å². The van der Waals surface area contributed by atoms with Gasteiger partial charge in [-0.3, -0.25) is 0 Å². The van der Waals surface area contributed by atoms with Gasteiger partial charge in [-0.2, -0.15) is 0 Å². The van der Waals surface area contributed by atoms with Crippen LogP contribution in [0.15, 0.2) is 24.3 Å². The van der Waals surface area contributed by atoms with Gasteiger partial charge in [0.15, 0.2) is 0 Å². The van der Waals surface area contributed by atoms with Crippen molar-refractivity contribution in [1.29, 1.82) is 0 Å². The number of rotatable bonds is 3. The summed E-state index contributed by atoms with van der Waals surface area (Å²) in [7, 11) is 2.15. The molecule has 2 rings (SSSR count). The van der Waals surface area contributed by atoms with Gasteiger partial charge in [-0.25, -0.2) is 4.39 Å². The quantitative estimate of drug-likeness (QED) is 0.867. The molecule has 1 aromatic carbocycles. The standard InChI is InChI=1S/C14H21FN2/c1-10-7-14(9-17(10)3)16-11(2)12-5-4-6-13(15)8-12/h4-6,8,10-11,14,16H,7,9H2,1-3H3/t10?,11-,14?/m1/s1. The van der Waals surface area contributed by atoms with E-state index < -0.39 is 0 Å². The molecule has 0 spiro atoms. The van der Waals surface area contributed by atoms with Crippen LogP contribution in [0.4, 0.5) is 4.39 Å². The first-order valence-electron chi connectivity index (χ1n) is 6.28. The van der Waals surface area contributed by atoms with Crippen molar-refractivity contribution in [3.8, 4) is 0 Å². The Labute approximate surface area is 103 Å². The van der Waals surface area contributed by atoms with Crippen molar-refractivity contribution in [2.24, 2.45) is 0 Å². The average molecular weight is 236 g/mol. The lowest BCUT2D eigenvalue weighted by molar-refractivity contribution is 0.325. The zero-order valence-electron chi connectivity index (χ0n) is 10.8. The molecule has 1 saturated heterocycles. The highest BCUT2D eigenvalue weighted by Gasteiger charge is 2.26. The smallest absolute Gasteiger partial charge is 0.123 e. The summed E-state index contributed by atoms with van der Waals surface area (Å²) >= 11 is 0. The number of likely N-dealkylation sites (N-methyl/N-ethyl adjacent to an activating group) is 1. The van der Waals surface area contributed by atoms with E-state index in [1.165, 1.54) is 6.07 Å². The highest BCUT2D eigenvalue weighted by molar-refractivity contribution is 5.19. The number of likely N-dealkylation sites (tertiary alicyclic amines) is 1. The normalized spacial score (nSPS) is 27.3. The van der Waals surface area contributed by atoms with Gasteiger partial charge >= 0.3 is 0 Å². The van der Waals surface area contributed by atoms with Crippen LogP contribution in [0, 0.1) is 5.82 Å². The SMILES string of the molecule is CC1CC(N[C@H](C)c2cccc(F)c2)CN1C. The summed E-state index contributed by atoms with van der Waals surface area (Å²) in [5.74, 6) is -0.159. The van der Waals surface area contributed by atoms with Crippen LogP contribution in [0.1, 0.15) is 31.9 Å². The lowest BCUT2D eigenvalue weighted by Crippen LogP contribution is -2.33. The monoisotopic (exact) mass is 236 g/mol. The molecule has 3 heteroatoms. The molecular weight excluding hydrogens is 215 g/mol. The predicted octanol–water partition coefficient (Wildman–Crippen LogP) is 2.57. The summed E-state index contributed by atoms with van der Waals surface area (Å²) in [5, 5.41) is 3.57. The van der Waals surface area contributed by atoms with Gasteiger partial charge in [-0.05, 0) is 45.0 Å². The van der Waals surface area contributed by atoms with E-state index in [9.17, 15) is 4.39 Å². The molecular formula is C14H21FN2. The maximum absolute atomic E-state index is 13.1. The van der Waals surface area contributed by atoms with Gasteiger partial charge in [-0.1, -0.05) is 12.1 Å². The molecule has 2 unspecified atom stereocenters. The van der Waals surface area contributed by atoms with Gasteiger partial charge < -0.3 is 10.2 Å². The zero-order valence-corrected chi connectivity index (χ0v) is 10.8. The Hall–Kier alpha value is -0.930. The first kappa shape index (κ1) is 12.5. The minimum atomic E-state index is -0.159. The molecule has 94 valence electrons. The summed E-state index contributed by atoms with van der Waals surface area (Å²) in [6.45, 7) is 5.41. The lowest BCUT2D eigenvalue weighted by atomic mass is 10.1. The molecule has 2 nitrogen and oxygen atoms in total. The van der Waals surface area contributed by atoms with Gasteiger partial charge in [0, 0.05) is 24.7 Å². The summed E-state index contributed by atoms with van der Waals surface area (Å²) in [6.07, 6.45) is 1.16. The Kier molecular flexibility index (Phi) is 3.79. The largest absolute Gasteiger partial charge is 0.306 e. The maximum Gasteiger partial charge on any atom is 0.123 e. The molecule has 17 heavy (non-hydrogen) atoms. The molecule has 0 aromatic heterocycles. The Morgan fingerprint density at radius 2 is 2.24 bits per heavy atom. The fourth-order valence-electron chi connectivity index (χ4n) is 2.54. The van der Waals surface area contributed by atoms with Crippen LogP contribution < -0.4 is 5.32 Å². The van der Waals surface area contributed by atoms with Crippen molar-refractivity contribution in [1.82, 2.24) is 10.2 Å². The summed E-state index contributed by atoms with van der Waals surface area (Å²) in [5.41, 5.74) is 1.02. The average Bonchev–Trinajstić information content (AvgIpc) is 2.58. The number of hydrogen-bond donors (Lipinski definition) is 1. The maximum atomic E-state index is 13.1. The second kappa shape index (κ2) is 5.15. The fraction of sp³-hybridized carbons (Fsp3) is 0.571. The Bertz CT molecular complexity index is 370. The molecule has 3 atom stereocenters. The van der Waals surface area contributed by atoms with Crippen LogP contribution in [0.25, 0.3) is 0 Å². The Morgan fingerprint density at radius 1 is 1.47 bits per heavy atom. The van der Waals surface area contributed by atoms with E-state index in [0.29, 0.717) is 12.1 Å². The molecule has 0 saturated carbocycles. The molecule has 0 amide bonds. The van der Waals surface area contributed by atoms with Crippen molar-refractivity contribution in [2.45, 2.75) is 38.4 Å². The molecule has 0 bridgehead atoms. The van der Waals surface area contributed by atoms with Crippen molar-refractivity contribution < 1.29 is 4.39 Å². The van der Waals surface area contributed by atoms with Crippen LogP contribution in [-0.2, 0) is 0 Å². The highest BCUT2D eigenvalue weighted by Crippen LogP contribution is 2.20. The minimum Gasteiger partial charge on any atom is -0.306 e. The molecule has 1 aromatic rings. The molecule has 1 N–H and O–H groups in total. The highest BCUT2D eigenvalue weighted by atomic mass is 19.1. The van der Waals surface area contributed by atoms with Crippen LogP contribution in [-0.4, -0.2) is 30.6 Å². The first-order valence-corrected chi connectivity index (χ1v) is 6.28. The predicted molar refractivity (Wildman–Crippen MR) is 68.4 cm³/mol. The van der Waals surface area contributed by atoms with E-state index in [1.54, 1.807) is 12.1 Å². The van der Waals surface area contributed by atoms with E-state index in [2.05, 4.69) is 31.1 Å². The summed E-state index contributed by atoms with van der Waals surface area (Å²) in [6, 6.07) is 8.19. The number of hydrogen-bond acceptors (Lipinski definition) is 2. The second-order valence-electron chi connectivity index (χ2n) is 5.16. The third kappa shape index (κ3) is 3.05. The minimum absolute atomic E-state index is 0.159. The third-order valence-corrected chi connectivity index (χ3v) is 3.72. The van der Waals surface area contributed by atoms with E-state index in [1.807, 2.05) is 6.07 Å². The number of nitrogens with zero attached hydrogens (tertiary/aromatic N) is 1. The molecule has 1 aliphatic rings. The van der Waals surface area contributed by atoms with Gasteiger partial charge in [-0.15, -0.1) is 0 Å². The number of nitrogens with one attached hydrogen (secondary N) is 1. The summed E-state index contributed by atoms with van der Waals surface area (Å²) < 4.78 is 13.1. The molecule has 1 fully saturated rings. The topological polar surface area (TPSA) is 15.3 Å². The van der Waals surface area contributed by atoms with E-state index >= 15 is 0 Å². The van der Waals surface area contributed by atoms with Gasteiger partial charge in [0.05, 0.1) is 0 Å². The third-order valence-electron chi connectivity index (χ3n) is 3.72. The second-order valence-corrected chi connectivity index (χ2v) is 5.16. The van der Waals surface area contributed by atoms with Crippen molar-refractivity contribution in [3.63, 3.8) is 0 Å². The van der Waals surface area contributed by atoms with Crippen LogP contribution in [0.3, 0.4) is 0 Å². The number of benzene rings is 1. The van der Waals surface area contributed by atoms with Crippen LogP contribution in [0.2, 0.25) is 0 Å². The van der Waals surface area contributed by atoms with E-state index in [0.717, 1.165) is 18.5 Å². The molecule has 0 aliphatic carbocycles. The van der Waals surface area contributed by atoms with Gasteiger partial charge in [0.25, 0.3) is 0 Å². The molecule has 1 heterocycles. The van der Waals surface area contributed by atoms with Crippen molar-refractivity contribution in [2.75, 3.05) is 13.6 Å². The molecule has 1 aliphatic heterocycles. The lowest BCUT2D eigenvalue weighted by Gasteiger charge is -2.19.